The molecule has 2 nitrogen and oxygen atoms in total. The first-order chi connectivity index (χ1) is 7.65. The molecule has 0 saturated carbocycles. The number of ether oxygens (including phenoxy) is 1. The number of ketones is 1. The monoisotopic (exact) mass is 224 g/mol. The highest BCUT2D eigenvalue weighted by atomic mass is 19.1. The number of benzene rings is 1. The summed E-state index contributed by atoms with van der Waals surface area (Å²) in [5, 5.41) is 0. The Morgan fingerprint density at radius 2 is 2.19 bits per heavy atom. The molecule has 88 valence electrons. The van der Waals surface area contributed by atoms with Crippen molar-refractivity contribution in [1.29, 1.82) is 0 Å². The fraction of sp³-hybridized carbons (Fsp3) is 0.462. The van der Waals surface area contributed by atoms with E-state index in [9.17, 15) is 9.18 Å². The molecule has 3 heteroatoms. The molecule has 0 radical (unpaired) electrons. The second kappa shape index (κ2) is 6.38. The minimum absolute atomic E-state index is 0.152. The maximum absolute atomic E-state index is 13.3. The van der Waals surface area contributed by atoms with Crippen molar-refractivity contribution in [3.63, 3.8) is 0 Å². The topological polar surface area (TPSA) is 26.3 Å². The number of aryl methyl sites for hydroxylation is 1. The quantitative estimate of drug-likeness (QED) is 0.548. The van der Waals surface area contributed by atoms with Crippen LogP contribution in [0.3, 0.4) is 0 Å². The fourth-order valence-electron chi connectivity index (χ4n) is 1.47. The summed E-state index contributed by atoms with van der Waals surface area (Å²) in [6.45, 7) is 4.95. The Kier molecular flexibility index (Phi) is 5.12. The van der Waals surface area contributed by atoms with Gasteiger partial charge in [0.05, 0.1) is 5.56 Å². The van der Waals surface area contributed by atoms with Crippen LogP contribution < -0.4 is 0 Å². The minimum Gasteiger partial charge on any atom is -0.382 e. The molecule has 0 unspecified atom stereocenters. The zero-order valence-electron chi connectivity index (χ0n) is 9.75. The van der Waals surface area contributed by atoms with Crippen molar-refractivity contribution in [2.75, 3.05) is 13.2 Å². The van der Waals surface area contributed by atoms with Gasteiger partial charge in [0.15, 0.2) is 5.78 Å². The molecule has 1 rings (SSSR count). The predicted molar refractivity (Wildman–Crippen MR) is 61.2 cm³/mol. The highest BCUT2D eigenvalue weighted by molar-refractivity contribution is 5.96. The van der Waals surface area contributed by atoms with E-state index >= 15 is 0 Å². The van der Waals surface area contributed by atoms with Gasteiger partial charge in [-0.15, -0.1) is 0 Å². The van der Waals surface area contributed by atoms with Crippen molar-refractivity contribution in [2.45, 2.75) is 26.7 Å². The number of halogens is 1. The average molecular weight is 224 g/mol. The molecule has 1 aromatic rings. The second-order valence-corrected chi connectivity index (χ2v) is 3.71. The van der Waals surface area contributed by atoms with E-state index in [4.69, 9.17) is 4.74 Å². The first-order valence-electron chi connectivity index (χ1n) is 5.52. The highest BCUT2D eigenvalue weighted by Crippen LogP contribution is 2.13. The first kappa shape index (κ1) is 12.8. The Balaban J connectivity index is 2.55. The lowest BCUT2D eigenvalue weighted by Gasteiger charge is -2.04. The lowest BCUT2D eigenvalue weighted by Crippen LogP contribution is -2.05. The molecular formula is C13H17FO2. The van der Waals surface area contributed by atoms with Crippen molar-refractivity contribution in [3.8, 4) is 0 Å². The first-order valence-corrected chi connectivity index (χ1v) is 5.52. The fourth-order valence-corrected chi connectivity index (χ4v) is 1.47. The minimum atomic E-state index is -0.438. The molecule has 1 aromatic carbocycles. The van der Waals surface area contributed by atoms with Crippen LogP contribution in [0.15, 0.2) is 18.2 Å². The number of Topliss-reactive ketones (excluding diaryl/α,β-unsaturated/α-hetero) is 1. The highest BCUT2D eigenvalue weighted by Gasteiger charge is 2.11. The van der Waals surface area contributed by atoms with E-state index in [-0.39, 0.29) is 11.3 Å². The number of rotatable bonds is 6. The van der Waals surface area contributed by atoms with Gasteiger partial charge in [-0.3, -0.25) is 4.79 Å². The third-order valence-corrected chi connectivity index (χ3v) is 2.32. The summed E-state index contributed by atoms with van der Waals surface area (Å²) in [6, 6.07) is 4.59. The molecule has 0 atom stereocenters. The van der Waals surface area contributed by atoms with Gasteiger partial charge in [-0.05, 0) is 32.4 Å². The molecule has 0 bridgehead atoms. The normalized spacial score (nSPS) is 10.4. The zero-order chi connectivity index (χ0) is 12.0. The predicted octanol–water partition coefficient (Wildman–Crippen LogP) is 3.13. The zero-order valence-corrected chi connectivity index (χ0v) is 9.75. The summed E-state index contributed by atoms with van der Waals surface area (Å²) < 4.78 is 18.5. The number of carbonyl (C=O) groups excluding carboxylic acids is 1. The number of carbonyl (C=O) groups is 1. The molecule has 0 N–H and O–H groups in total. The van der Waals surface area contributed by atoms with E-state index in [1.54, 1.807) is 12.1 Å². The van der Waals surface area contributed by atoms with Crippen molar-refractivity contribution in [2.24, 2.45) is 0 Å². The summed E-state index contributed by atoms with van der Waals surface area (Å²) in [5.41, 5.74) is 1.09. The third kappa shape index (κ3) is 3.74. The van der Waals surface area contributed by atoms with Crippen molar-refractivity contribution < 1.29 is 13.9 Å². The van der Waals surface area contributed by atoms with Crippen molar-refractivity contribution in [1.82, 2.24) is 0 Å². The van der Waals surface area contributed by atoms with Crippen LogP contribution in [0.25, 0.3) is 0 Å². The van der Waals surface area contributed by atoms with Crippen molar-refractivity contribution in [3.05, 3.63) is 35.1 Å². The summed E-state index contributed by atoms with van der Waals surface area (Å²) in [4.78, 5) is 11.7. The second-order valence-electron chi connectivity index (χ2n) is 3.71. The molecule has 0 amide bonds. The Bertz CT molecular complexity index is 361. The Morgan fingerprint density at radius 1 is 1.44 bits per heavy atom. The SMILES string of the molecule is CCOCCCC(=O)c1cc(C)ccc1F. The van der Waals surface area contributed by atoms with Gasteiger partial charge in [-0.1, -0.05) is 11.6 Å². The van der Waals surface area contributed by atoms with Gasteiger partial charge in [-0.2, -0.15) is 0 Å². The van der Waals surface area contributed by atoms with Crippen LogP contribution in [0.2, 0.25) is 0 Å². The number of hydrogen-bond acceptors (Lipinski definition) is 2. The largest absolute Gasteiger partial charge is 0.382 e. The molecule has 0 aliphatic carbocycles. The van der Waals surface area contributed by atoms with Gasteiger partial charge in [-0.25, -0.2) is 4.39 Å². The van der Waals surface area contributed by atoms with Gasteiger partial charge in [0.25, 0.3) is 0 Å². The van der Waals surface area contributed by atoms with Gasteiger partial charge in [0.2, 0.25) is 0 Å². The molecule has 0 fully saturated rings. The van der Waals surface area contributed by atoms with Crippen molar-refractivity contribution >= 4 is 5.78 Å². The maximum atomic E-state index is 13.3. The standard InChI is InChI=1S/C13H17FO2/c1-3-16-8-4-5-13(15)11-9-10(2)6-7-12(11)14/h6-7,9H,3-5,8H2,1-2H3. The molecule has 16 heavy (non-hydrogen) atoms. The van der Waals surface area contributed by atoms with Crippen LogP contribution >= 0.6 is 0 Å². The van der Waals surface area contributed by atoms with Gasteiger partial charge < -0.3 is 4.74 Å². The molecule has 0 saturated heterocycles. The van der Waals surface area contributed by atoms with E-state index in [1.165, 1.54) is 6.07 Å². The van der Waals surface area contributed by atoms with Crippen LogP contribution in [0.5, 0.6) is 0 Å². The summed E-state index contributed by atoms with van der Waals surface area (Å²) in [7, 11) is 0. The van der Waals surface area contributed by atoms with E-state index in [2.05, 4.69) is 0 Å². The lowest BCUT2D eigenvalue weighted by atomic mass is 10.0. The van der Waals surface area contributed by atoms with Gasteiger partial charge in [0.1, 0.15) is 5.82 Å². The van der Waals surface area contributed by atoms with Gasteiger partial charge >= 0.3 is 0 Å². The smallest absolute Gasteiger partial charge is 0.165 e. The molecule has 0 heterocycles. The molecular weight excluding hydrogens is 207 g/mol. The average Bonchev–Trinajstić information content (AvgIpc) is 2.27. The Labute approximate surface area is 95.4 Å². The van der Waals surface area contributed by atoms with Crippen LogP contribution in [0, 0.1) is 12.7 Å². The number of hydrogen-bond donors (Lipinski definition) is 0. The van der Waals surface area contributed by atoms with Crippen LogP contribution in [-0.4, -0.2) is 19.0 Å². The molecule has 0 aliphatic rings. The van der Waals surface area contributed by atoms with E-state index in [0.29, 0.717) is 26.1 Å². The summed E-state index contributed by atoms with van der Waals surface area (Å²) in [5.74, 6) is -0.590. The summed E-state index contributed by atoms with van der Waals surface area (Å²) >= 11 is 0. The van der Waals surface area contributed by atoms with E-state index in [1.807, 2.05) is 13.8 Å². The maximum Gasteiger partial charge on any atom is 0.165 e. The molecule has 0 aromatic heterocycles. The Hall–Kier alpha value is -1.22. The Morgan fingerprint density at radius 3 is 2.88 bits per heavy atom. The van der Waals surface area contributed by atoms with Crippen LogP contribution in [0.1, 0.15) is 35.7 Å². The van der Waals surface area contributed by atoms with E-state index in [0.717, 1.165) is 5.56 Å². The summed E-state index contributed by atoms with van der Waals surface area (Å²) in [6.07, 6.45) is 0.973. The molecule has 0 aliphatic heterocycles. The van der Waals surface area contributed by atoms with Gasteiger partial charge in [0, 0.05) is 19.6 Å². The lowest BCUT2D eigenvalue weighted by molar-refractivity contribution is 0.0943. The molecule has 0 spiro atoms. The third-order valence-electron chi connectivity index (χ3n) is 2.32. The van der Waals surface area contributed by atoms with Crippen LogP contribution in [0.4, 0.5) is 4.39 Å². The van der Waals surface area contributed by atoms with E-state index < -0.39 is 5.82 Å². The van der Waals surface area contributed by atoms with Crippen LogP contribution in [-0.2, 0) is 4.74 Å².